The van der Waals surface area contributed by atoms with Crippen LogP contribution in [0.15, 0.2) is 35.1 Å². The van der Waals surface area contributed by atoms with Gasteiger partial charge >= 0.3 is 0 Å². The van der Waals surface area contributed by atoms with E-state index >= 15 is 0 Å². The summed E-state index contributed by atoms with van der Waals surface area (Å²) in [5.74, 6) is 0. The number of aryl methyl sites for hydroxylation is 1. The van der Waals surface area contributed by atoms with E-state index in [1.165, 1.54) is 11.1 Å². The summed E-state index contributed by atoms with van der Waals surface area (Å²) < 4.78 is 2.96. The van der Waals surface area contributed by atoms with Crippen LogP contribution in [-0.2, 0) is 13.0 Å². The number of benzene rings is 1. The predicted molar refractivity (Wildman–Crippen MR) is 87.2 cm³/mol. The molecule has 0 spiro atoms. The molecule has 0 aliphatic carbocycles. The summed E-state index contributed by atoms with van der Waals surface area (Å²) in [4.78, 5) is 0. The highest BCUT2D eigenvalue weighted by molar-refractivity contribution is 9.10. The fraction of sp³-hybridized carbons (Fsp3) is 0.400. The molecular weight excluding hydrogens is 338 g/mol. The first kappa shape index (κ1) is 15.5. The molecule has 0 aliphatic heterocycles. The highest BCUT2D eigenvalue weighted by atomic mass is 79.9. The minimum atomic E-state index is 0.240. The lowest BCUT2D eigenvalue weighted by atomic mass is 10.0. The van der Waals surface area contributed by atoms with Crippen molar-refractivity contribution in [2.45, 2.75) is 32.9 Å². The number of likely N-dealkylation sites (N-methyl/N-ethyl adjacent to an activating group) is 1. The molecule has 1 atom stereocenters. The van der Waals surface area contributed by atoms with Crippen LogP contribution in [0.2, 0.25) is 5.02 Å². The third-order valence-electron chi connectivity index (χ3n) is 3.19. The molecule has 5 heteroatoms. The third-order valence-corrected chi connectivity index (χ3v) is 3.86. The molecule has 0 radical (unpaired) electrons. The second-order valence-electron chi connectivity index (χ2n) is 4.72. The summed E-state index contributed by atoms with van der Waals surface area (Å²) in [6, 6.07) is 6.28. The highest BCUT2D eigenvalue weighted by Crippen LogP contribution is 2.26. The summed E-state index contributed by atoms with van der Waals surface area (Å²) >= 11 is 9.65. The maximum atomic E-state index is 6.15. The molecule has 1 aromatic heterocycles. The molecule has 1 aromatic carbocycles. The smallest absolute Gasteiger partial charge is 0.0522 e. The topological polar surface area (TPSA) is 29.9 Å². The van der Waals surface area contributed by atoms with Gasteiger partial charge in [0, 0.05) is 28.3 Å². The number of aromatic nitrogens is 2. The lowest BCUT2D eigenvalue weighted by Gasteiger charge is -2.18. The Balaban J connectivity index is 2.21. The summed E-state index contributed by atoms with van der Waals surface area (Å²) in [6.07, 6.45) is 4.94. The fourth-order valence-corrected chi connectivity index (χ4v) is 3.14. The van der Waals surface area contributed by atoms with Gasteiger partial charge in [-0.1, -0.05) is 34.5 Å². The standard InChI is InChI=1S/C15H19BrClN3/c1-3-18-15(5-11-9-19-20(4-2)10-11)12-6-13(16)8-14(17)7-12/h6-10,15,18H,3-5H2,1-2H3. The van der Waals surface area contributed by atoms with Crippen molar-refractivity contribution in [3.8, 4) is 0 Å². The van der Waals surface area contributed by atoms with E-state index in [0.717, 1.165) is 29.0 Å². The van der Waals surface area contributed by atoms with Crippen molar-refractivity contribution in [3.63, 3.8) is 0 Å². The van der Waals surface area contributed by atoms with E-state index in [2.05, 4.69) is 52.5 Å². The van der Waals surface area contributed by atoms with Gasteiger partial charge in [-0.2, -0.15) is 5.10 Å². The van der Waals surface area contributed by atoms with E-state index in [1.807, 2.05) is 23.0 Å². The minimum Gasteiger partial charge on any atom is -0.310 e. The Hall–Kier alpha value is -0.840. The first-order valence-electron chi connectivity index (χ1n) is 6.83. The predicted octanol–water partition coefficient (Wildman–Crippen LogP) is 4.21. The van der Waals surface area contributed by atoms with E-state index in [-0.39, 0.29) is 6.04 Å². The maximum Gasteiger partial charge on any atom is 0.0522 e. The number of nitrogens with zero attached hydrogens (tertiary/aromatic N) is 2. The van der Waals surface area contributed by atoms with Crippen LogP contribution in [0.4, 0.5) is 0 Å². The van der Waals surface area contributed by atoms with Gasteiger partial charge in [-0.05, 0) is 49.2 Å². The quantitative estimate of drug-likeness (QED) is 0.840. The zero-order valence-electron chi connectivity index (χ0n) is 11.7. The van der Waals surface area contributed by atoms with E-state index in [4.69, 9.17) is 11.6 Å². The Morgan fingerprint density at radius 1 is 1.35 bits per heavy atom. The van der Waals surface area contributed by atoms with Crippen LogP contribution in [0.3, 0.4) is 0 Å². The molecule has 1 N–H and O–H groups in total. The summed E-state index contributed by atoms with van der Waals surface area (Å²) in [6.45, 7) is 6.01. The molecule has 0 bridgehead atoms. The molecule has 0 saturated heterocycles. The van der Waals surface area contributed by atoms with E-state index < -0.39 is 0 Å². The van der Waals surface area contributed by atoms with Gasteiger partial charge in [0.25, 0.3) is 0 Å². The van der Waals surface area contributed by atoms with Crippen LogP contribution in [0, 0.1) is 0 Å². The zero-order chi connectivity index (χ0) is 14.5. The van der Waals surface area contributed by atoms with Gasteiger partial charge in [-0.25, -0.2) is 0 Å². The third kappa shape index (κ3) is 4.08. The monoisotopic (exact) mass is 355 g/mol. The maximum absolute atomic E-state index is 6.15. The van der Waals surface area contributed by atoms with E-state index in [1.54, 1.807) is 0 Å². The Labute approximate surface area is 133 Å². The molecule has 20 heavy (non-hydrogen) atoms. The normalized spacial score (nSPS) is 12.6. The molecule has 0 amide bonds. The van der Waals surface area contributed by atoms with Crippen LogP contribution < -0.4 is 5.32 Å². The largest absolute Gasteiger partial charge is 0.310 e. The van der Waals surface area contributed by atoms with Crippen molar-refractivity contribution >= 4 is 27.5 Å². The minimum absolute atomic E-state index is 0.240. The summed E-state index contributed by atoms with van der Waals surface area (Å²) in [5.41, 5.74) is 2.42. The van der Waals surface area contributed by atoms with E-state index in [9.17, 15) is 0 Å². The molecule has 3 nitrogen and oxygen atoms in total. The van der Waals surface area contributed by atoms with Gasteiger partial charge in [0.05, 0.1) is 6.20 Å². The number of hydrogen-bond donors (Lipinski definition) is 1. The first-order valence-corrected chi connectivity index (χ1v) is 8.00. The second kappa shape index (κ2) is 7.25. The number of halogens is 2. The number of hydrogen-bond acceptors (Lipinski definition) is 2. The van der Waals surface area contributed by atoms with Gasteiger partial charge in [0.2, 0.25) is 0 Å². The van der Waals surface area contributed by atoms with Crippen molar-refractivity contribution in [3.05, 3.63) is 51.2 Å². The Morgan fingerprint density at radius 2 is 2.15 bits per heavy atom. The Morgan fingerprint density at radius 3 is 2.75 bits per heavy atom. The van der Waals surface area contributed by atoms with Gasteiger partial charge in [-0.3, -0.25) is 4.68 Å². The zero-order valence-corrected chi connectivity index (χ0v) is 14.1. The SMILES string of the molecule is CCNC(Cc1cnn(CC)c1)c1cc(Cl)cc(Br)c1. The molecule has 0 saturated carbocycles. The van der Waals surface area contributed by atoms with Crippen LogP contribution in [-0.4, -0.2) is 16.3 Å². The highest BCUT2D eigenvalue weighted by Gasteiger charge is 2.13. The Kier molecular flexibility index (Phi) is 5.64. The van der Waals surface area contributed by atoms with Crippen LogP contribution in [0.5, 0.6) is 0 Å². The van der Waals surface area contributed by atoms with Crippen molar-refractivity contribution in [1.82, 2.24) is 15.1 Å². The average Bonchev–Trinajstić information content (AvgIpc) is 2.85. The molecular formula is C15H19BrClN3. The van der Waals surface area contributed by atoms with Crippen molar-refractivity contribution in [1.29, 1.82) is 0 Å². The first-order chi connectivity index (χ1) is 9.62. The van der Waals surface area contributed by atoms with Gasteiger partial charge in [-0.15, -0.1) is 0 Å². The van der Waals surface area contributed by atoms with Gasteiger partial charge < -0.3 is 5.32 Å². The lowest BCUT2D eigenvalue weighted by molar-refractivity contribution is 0.549. The Bertz CT molecular complexity index is 548. The molecule has 1 unspecified atom stereocenters. The summed E-state index contributed by atoms with van der Waals surface area (Å²) in [7, 11) is 0. The van der Waals surface area contributed by atoms with Crippen molar-refractivity contribution < 1.29 is 0 Å². The lowest BCUT2D eigenvalue weighted by Crippen LogP contribution is -2.22. The molecule has 2 aromatic rings. The molecule has 2 rings (SSSR count). The average molecular weight is 357 g/mol. The van der Waals surface area contributed by atoms with Crippen molar-refractivity contribution in [2.24, 2.45) is 0 Å². The fourth-order valence-electron chi connectivity index (χ4n) is 2.25. The molecule has 0 fully saturated rings. The number of nitrogens with one attached hydrogen (secondary N) is 1. The second-order valence-corrected chi connectivity index (χ2v) is 6.07. The van der Waals surface area contributed by atoms with Crippen LogP contribution in [0.1, 0.15) is 31.0 Å². The van der Waals surface area contributed by atoms with Gasteiger partial charge in [0.15, 0.2) is 0 Å². The van der Waals surface area contributed by atoms with Gasteiger partial charge in [0.1, 0.15) is 0 Å². The van der Waals surface area contributed by atoms with Crippen LogP contribution >= 0.6 is 27.5 Å². The molecule has 108 valence electrons. The van der Waals surface area contributed by atoms with Crippen LogP contribution in [0.25, 0.3) is 0 Å². The molecule has 1 heterocycles. The summed E-state index contributed by atoms with van der Waals surface area (Å²) in [5, 5.41) is 8.59. The number of rotatable bonds is 6. The van der Waals surface area contributed by atoms with Crippen molar-refractivity contribution in [2.75, 3.05) is 6.54 Å². The van der Waals surface area contributed by atoms with E-state index in [0.29, 0.717) is 0 Å². The molecule has 0 aliphatic rings.